The maximum atomic E-state index is 4.56. The van der Waals surface area contributed by atoms with Crippen LogP contribution in [0, 0.1) is 6.92 Å². The molecule has 0 spiro atoms. The first-order valence-corrected chi connectivity index (χ1v) is 8.12. The van der Waals surface area contributed by atoms with Gasteiger partial charge in [-0.05, 0) is 42.8 Å². The van der Waals surface area contributed by atoms with Gasteiger partial charge in [0.05, 0.1) is 11.7 Å². The van der Waals surface area contributed by atoms with E-state index in [0.717, 1.165) is 44.5 Å². The molecule has 5 heterocycles. The molecule has 5 aromatic rings. The molecule has 0 amide bonds. The molecule has 0 radical (unpaired) electrons. The van der Waals surface area contributed by atoms with Gasteiger partial charge in [0.1, 0.15) is 5.65 Å². The maximum Gasteiger partial charge on any atom is 0.138 e. The fourth-order valence-corrected chi connectivity index (χ4v) is 3.23. The van der Waals surface area contributed by atoms with Gasteiger partial charge in [0.2, 0.25) is 0 Å². The number of hydrogen-bond donors (Lipinski definition) is 1. The molecule has 25 heavy (non-hydrogen) atoms. The second-order valence-corrected chi connectivity index (χ2v) is 6.10. The van der Waals surface area contributed by atoms with Crippen molar-refractivity contribution in [1.82, 2.24) is 24.6 Å². The van der Waals surface area contributed by atoms with E-state index in [0.29, 0.717) is 0 Å². The summed E-state index contributed by atoms with van der Waals surface area (Å²) >= 11 is 0. The summed E-state index contributed by atoms with van der Waals surface area (Å²) < 4.78 is 1.89. The van der Waals surface area contributed by atoms with Gasteiger partial charge in [-0.1, -0.05) is 6.07 Å². The lowest BCUT2D eigenvalue weighted by molar-refractivity contribution is 0.962. The van der Waals surface area contributed by atoms with Crippen molar-refractivity contribution in [3.63, 3.8) is 0 Å². The first kappa shape index (κ1) is 13.9. The molecule has 0 aliphatic rings. The zero-order valence-electron chi connectivity index (χ0n) is 13.6. The van der Waals surface area contributed by atoms with Crippen LogP contribution in [0.25, 0.3) is 38.8 Å². The van der Waals surface area contributed by atoms with Crippen molar-refractivity contribution >= 4 is 16.6 Å². The summed E-state index contributed by atoms with van der Waals surface area (Å²) in [5.74, 6) is 0. The van der Waals surface area contributed by atoms with Crippen molar-refractivity contribution < 1.29 is 0 Å². The fourth-order valence-electron chi connectivity index (χ4n) is 3.23. The number of fused-ring (bicyclic) bond motifs is 2. The highest BCUT2D eigenvalue weighted by Crippen LogP contribution is 2.31. The molecule has 0 saturated heterocycles. The molecule has 0 atom stereocenters. The van der Waals surface area contributed by atoms with Crippen molar-refractivity contribution in [1.29, 1.82) is 0 Å². The Morgan fingerprint density at radius 3 is 2.84 bits per heavy atom. The predicted octanol–water partition coefficient (Wildman–Crippen LogP) is 4.25. The Labute approximate surface area is 144 Å². The van der Waals surface area contributed by atoms with Crippen LogP contribution >= 0.6 is 0 Å². The number of nitrogens with one attached hydrogen (secondary N) is 1. The van der Waals surface area contributed by atoms with Crippen LogP contribution in [0.4, 0.5) is 0 Å². The van der Waals surface area contributed by atoms with Gasteiger partial charge in [-0.15, -0.1) is 0 Å². The number of aromatic nitrogens is 5. The summed E-state index contributed by atoms with van der Waals surface area (Å²) in [7, 11) is 0. The number of rotatable bonds is 2. The fraction of sp³-hybridized carbons (Fsp3) is 0.0500. The molecule has 0 bridgehead atoms. The van der Waals surface area contributed by atoms with E-state index in [1.165, 1.54) is 0 Å². The second kappa shape index (κ2) is 5.27. The minimum Gasteiger partial charge on any atom is -0.346 e. The van der Waals surface area contributed by atoms with Gasteiger partial charge in [0.25, 0.3) is 0 Å². The standard InChI is InChI=1S/C20H15N5/c1-13-4-5-16-17(11-22-20(16)24-13)14-6-8-25-19(9-14)18(12-23-25)15-3-2-7-21-10-15/h2-12H,1H3,(H,22,24). The SMILES string of the molecule is Cc1ccc2c(-c3ccn4ncc(-c5cccnc5)c4c3)c[nH]c2n1. The first-order valence-electron chi connectivity index (χ1n) is 8.12. The lowest BCUT2D eigenvalue weighted by Gasteiger charge is -2.03. The largest absolute Gasteiger partial charge is 0.346 e. The Morgan fingerprint density at radius 2 is 1.96 bits per heavy atom. The van der Waals surface area contributed by atoms with Crippen LogP contribution in [0.3, 0.4) is 0 Å². The van der Waals surface area contributed by atoms with E-state index in [4.69, 9.17) is 0 Å². The third-order valence-corrected chi connectivity index (χ3v) is 4.48. The van der Waals surface area contributed by atoms with Gasteiger partial charge >= 0.3 is 0 Å². The summed E-state index contributed by atoms with van der Waals surface area (Å²) in [6.07, 6.45) is 9.54. The molecule has 5 rings (SSSR count). The van der Waals surface area contributed by atoms with E-state index >= 15 is 0 Å². The molecule has 120 valence electrons. The van der Waals surface area contributed by atoms with Gasteiger partial charge in [-0.3, -0.25) is 4.98 Å². The molecule has 5 nitrogen and oxygen atoms in total. The average Bonchev–Trinajstić information content (AvgIpc) is 3.25. The van der Waals surface area contributed by atoms with E-state index in [2.05, 4.69) is 44.3 Å². The normalized spacial score (nSPS) is 11.4. The molecule has 5 aromatic heterocycles. The topological polar surface area (TPSA) is 58.9 Å². The molecule has 0 aliphatic carbocycles. The number of aromatic amines is 1. The third-order valence-electron chi connectivity index (χ3n) is 4.48. The van der Waals surface area contributed by atoms with E-state index in [-0.39, 0.29) is 0 Å². The monoisotopic (exact) mass is 325 g/mol. The summed E-state index contributed by atoms with van der Waals surface area (Å²) in [6.45, 7) is 2.00. The Kier molecular flexibility index (Phi) is 2.94. The molecule has 5 heteroatoms. The van der Waals surface area contributed by atoms with Gasteiger partial charge in [0, 0.05) is 52.6 Å². The second-order valence-electron chi connectivity index (χ2n) is 6.10. The van der Waals surface area contributed by atoms with Gasteiger partial charge in [-0.25, -0.2) is 9.50 Å². The molecule has 0 unspecified atom stereocenters. The van der Waals surface area contributed by atoms with Gasteiger partial charge < -0.3 is 4.98 Å². The van der Waals surface area contributed by atoms with Crippen molar-refractivity contribution in [2.45, 2.75) is 6.92 Å². The summed E-state index contributed by atoms with van der Waals surface area (Å²) in [4.78, 5) is 12.0. The van der Waals surface area contributed by atoms with Gasteiger partial charge in [-0.2, -0.15) is 5.10 Å². The molecular weight excluding hydrogens is 310 g/mol. The minimum atomic E-state index is 0.913. The van der Waals surface area contributed by atoms with Crippen molar-refractivity contribution in [2.75, 3.05) is 0 Å². The minimum absolute atomic E-state index is 0.913. The van der Waals surface area contributed by atoms with E-state index in [9.17, 15) is 0 Å². The van der Waals surface area contributed by atoms with Crippen molar-refractivity contribution in [3.05, 3.63) is 73.1 Å². The number of aryl methyl sites for hydroxylation is 1. The van der Waals surface area contributed by atoms with Gasteiger partial charge in [0.15, 0.2) is 0 Å². The third kappa shape index (κ3) is 2.21. The highest BCUT2D eigenvalue weighted by atomic mass is 15.2. The van der Waals surface area contributed by atoms with Crippen LogP contribution in [0.5, 0.6) is 0 Å². The predicted molar refractivity (Wildman–Crippen MR) is 98.2 cm³/mol. The van der Waals surface area contributed by atoms with E-state index < -0.39 is 0 Å². The van der Waals surface area contributed by atoms with Crippen LogP contribution in [0.2, 0.25) is 0 Å². The lowest BCUT2D eigenvalue weighted by Crippen LogP contribution is -1.87. The number of pyridine rings is 3. The summed E-state index contributed by atoms with van der Waals surface area (Å²) in [6, 6.07) is 12.4. The van der Waals surface area contributed by atoms with Crippen LogP contribution in [-0.2, 0) is 0 Å². The number of hydrogen-bond acceptors (Lipinski definition) is 3. The summed E-state index contributed by atoms with van der Waals surface area (Å²) in [5.41, 5.74) is 7.38. The lowest BCUT2D eigenvalue weighted by atomic mass is 10.0. The van der Waals surface area contributed by atoms with Crippen LogP contribution in [0.15, 0.2) is 67.4 Å². The Balaban J connectivity index is 1.72. The number of H-pyrrole nitrogens is 1. The zero-order valence-corrected chi connectivity index (χ0v) is 13.6. The van der Waals surface area contributed by atoms with Crippen LogP contribution < -0.4 is 0 Å². The van der Waals surface area contributed by atoms with E-state index in [1.54, 1.807) is 6.20 Å². The smallest absolute Gasteiger partial charge is 0.138 e. The number of nitrogens with zero attached hydrogens (tertiary/aromatic N) is 4. The Bertz CT molecular complexity index is 1200. The highest BCUT2D eigenvalue weighted by molar-refractivity contribution is 5.95. The van der Waals surface area contributed by atoms with Crippen LogP contribution in [-0.4, -0.2) is 24.6 Å². The first-order chi connectivity index (χ1) is 12.3. The quantitative estimate of drug-likeness (QED) is 0.528. The molecule has 0 aliphatic heterocycles. The zero-order chi connectivity index (χ0) is 16.8. The van der Waals surface area contributed by atoms with Crippen molar-refractivity contribution in [2.24, 2.45) is 0 Å². The Morgan fingerprint density at radius 1 is 1.00 bits per heavy atom. The molecular formula is C20H15N5. The maximum absolute atomic E-state index is 4.56. The van der Waals surface area contributed by atoms with Crippen molar-refractivity contribution in [3.8, 4) is 22.3 Å². The highest BCUT2D eigenvalue weighted by Gasteiger charge is 2.11. The van der Waals surface area contributed by atoms with E-state index in [1.807, 2.05) is 48.4 Å². The van der Waals surface area contributed by atoms with Crippen LogP contribution in [0.1, 0.15) is 5.69 Å². The Hall–Kier alpha value is -3.47. The molecule has 0 saturated carbocycles. The molecule has 1 N–H and O–H groups in total. The molecule has 0 aromatic carbocycles. The molecule has 0 fully saturated rings. The average molecular weight is 325 g/mol. The summed E-state index contributed by atoms with van der Waals surface area (Å²) in [5, 5.41) is 5.58.